The number of hydrogen-bond acceptors (Lipinski definition) is 10. The minimum atomic E-state index is -0.828. The Hall–Kier alpha value is -4.55. The minimum absolute atomic E-state index is 0.0406. The summed E-state index contributed by atoms with van der Waals surface area (Å²) in [6.07, 6.45) is 20.9. The lowest BCUT2D eigenvalue weighted by atomic mass is 10.1. The number of rotatable bonds is 27. The van der Waals surface area contributed by atoms with Crippen LogP contribution in [-0.2, 0) is 16.1 Å². The summed E-state index contributed by atoms with van der Waals surface area (Å²) >= 11 is 0. The Kier molecular flexibility index (Phi) is 19.9. The fourth-order valence-electron chi connectivity index (χ4n) is 6.22. The number of nitrogen functional groups attached to an aromatic ring is 2. The lowest BCUT2D eigenvalue weighted by Crippen LogP contribution is -2.47. The van der Waals surface area contributed by atoms with Gasteiger partial charge in [0.05, 0.1) is 18.4 Å². The van der Waals surface area contributed by atoms with Gasteiger partial charge in [-0.05, 0) is 43.5 Å². The third kappa shape index (κ3) is 16.3. The van der Waals surface area contributed by atoms with E-state index in [1.807, 2.05) is 24.1 Å². The Morgan fingerprint density at radius 3 is 1.91 bits per heavy atom. The van der Waals surface area contributed by atoms with Gasteiger partial charge in [0.15, 0.2) is 17.0 Å². The van der Waals surface area contributed by atoms with Crippen molar-refractivity contribution in [2.45, 2.75) is 142 Å². The molecule has 292 valence electrons. The van der Waals surface area contributed by atoms with E-state index in [9.17, 15) is 14.4 Å². The van der Waals surface area contributed by atoms with Gasteiger partial charge in [0, 0.05) is 37.8 Å². The van der Waals surface area contributed by atoms with Gasteiger partial charge in [-0.1, -0.05) is 104 Å². The number of nitrogens with two attached hydrogens (primary N) is 2. The zero-order valence-electron chi connectivity index (χ0n) is 32.4. The maximum absolute atomic E-state index is 13.4. The van der Waals surface area contributed by atoms with Crippen molar-refractivity contribution in [3.8, 4) is 0 Å². The number of fused-ring (bicyclic) bond motifs is 1. The Morgan fingerprint density at radius 2 is 1.30 bits per heavy atom. The molecule has 7 N–H and O–H groups in total. The lowest BCUT2D eigenvalue weighted by molar-refractivity contribution is -0.124. The van der Waals surface area contributed by atoms with Crippen molar-refractivity contribution in [3.05, 3.63) is 41.7 Å². The number of nitrogens with one attached hydrogen (secondary N) is 3. The van der Waals surface area contributed by atoms with E-state index in [0.29, 0.717) is 42.1 Å². The Labute approximate surface area is 316 Å². The number of hydrogen-bond donors (Lipinski definition) is 5. The second kappa shape index (κ2) is 24.6. The van der Waals surface area contributed by atoms with Crippen LogP contribution in [0.15, 0.2) is 30.5 Å². The highest BCUT2D eigenvalue weighted by Gasteiger charge is 2.22. The molecule has 13 heteroatoms. The first-order chi connectivity index (χ1) is 25.7. The molecule has 0 aliphatic rings. The lowest BCUT2D eigenvalue weighted by Gasteiger charge is -2.20. The monoisotopic (exact) mass is 733 g/mol. The molecule has 3 rings (SSSR count). The molecule has 2 aromatic heterocycles. The van der Waals surface area contributed by atoms with E-state index in [4.69, 9.17) is 11.5 Å². The van der Waals surface area contributed by atoms with Gasteiger partial charge >= 0.3 is 0 Å². The van der Waals surface area contributed by atoms with Gasteiger partial charge in [-0.15, -0.1) is 0 Å². The van der Waals surface area contributed by atoms with Crippen LogP contribution in [0.3, 0.4) is 0 Å². The third-order valence-electron chi connectivity index (χ3n) is 9.43. The number of anilines is 3. The molecule has 13 nitrogen and oxygen atoms in total. The normalized spacial score (nSPS) is 11.7. The SMILES string of the molecule is CCCCCCCCCCNC(=O)CC[C@H](NC(=O)c1ccc(N(C)Cc2cnc3nc(N)nc(N)c3n2)cc1)C(=O)NCCCCCCCCCC. The van der Waals surface area contributed by atoms with Crippen LogP contribution in [0.2, 0.25) is 0 Å². The fraction of sp³-hybridized carbons (Fsp3) is 0.625. The van der Waals surface area contributed by atoms with Crippen molar-refractivity contribution in [2.24, 2.45) is 0 Å². The molecule has 1 atom stereocenters. The zero-order valence-corrected chi connectivity index (χ0v) is 32.4. The van der Waals surface area contributed by atoms with E-state index in [1.54, 1.807) is 18.3 Å². The Morgan fingerprint density at radius 1 is 0.736 bits per heavy atom. The summed E-state index contributed by atoms with van der Waals surface area (Å²) in [6, 6.07) is 6.27. The van der Waals surface area contributed by atoms with Crippen LogP contribution < -0.4 is 32.3 Å². The van der Waals surface area contributed by atoms with Crippen molar-refractivity contribution >= 4 is 46.3 Å². The summed E-state index contributed by atoms with van der Waals surface area (Å²) < 4.78 is 0. The molecule has 0 unspecified atom stereocenters. The van der Waals surface area contributed by atoms with Gasteiger partial charge < -0.3 is 32.3 Å². The van der Waals surface area contributed by atoms with Crippen molar-refractivity contribution < 1.29 is 14.4 Å². The van der Waals surface area contributed by atoms with Crippen molar-refractivity contribution in [2.75, 3.05) is 36.5 Å². The second-order valence-electron chi connectivity index (χ2n) is 14.1. The van der Waals surface area contributed by atoms with Gasteiger partial charge in [0.1, 0.15) is 6.04 Å². The molecule has 0 aliphatic heterocycles. The molecular weight excluding hydrogens is 669 g/mol. The van der Waals surface area contributed by atoms with Crippen LogP contribution in [0.5, 0.6) is 0 Å². The van der Waals surface area contributed by atoms with E-state index in [2.05, 4.69) is 49.7 Å². The molecule has 0 bridgehead atoms. The van der Waals surface area contributed by atoms with Crippen LogP contribution >= 0.6 is 0 Å². The summed E-state index contributed by atoms with van der Waals surface area (Å²) in [5.41, 5.74) is 14.3. The number of carbonyl (C=O) groups is 3. The summed E-state index contributed by atoms with van der Waals surface area (Å²) in [5, 5.41) is 8.88. The smallest absolute Gasteiger partial charge is 0.251 e. The minimum Gasteiger partial charge on any atom is -0.382 e. The predicted molar refractivity (Wildman–Crippen MR) is 214 cm³/mol. The van der Waals surface area contributed by atoms with Gasteiger partial charge in [0.2, 0.25) is 17.8 Å². The van der Waals surface area contributed by atoms with E-state index in [-0.39, 0.29) is 42.3 Å². The van der Waals surface area contributed by atoms with E-state index < -0.39 is 6.04 Å². The van der Waals surface area contributed by atoms with E-state index in [0.717, 1.165) is 37.8 Å². The standard InChI is InChI=1S/C40H64N10O3/c1-4-6-8-10-12-14-16-18-26-43-34(51)25-24-33(39(53)44-27-19-17-15-13-11-9-7-5-2)47-38(52)30-20-22-32(23-21-30)50(3)29-31-28-45-37-35(46-31)36(41)48-40(42)49-37/h20-23,28,33H,4-19,24-27,29H2,1-3H3,(H,43,51)(H,44,53)(H,47,52)(H4,41,42,45,48,49)/t33-/m0/s1. The molecule has 0 spiro atoms. The second-order valence-corrected chi connectivity index (χ2v) is 14.1. The van der Waals surface area contributed by atoms with Gasteiger partial charge in [0.25, 0.3) is 5.91 Å². The maximum atomic E-state index is 13.4. The highest BCUT2D eigenvalue weighted by molar-refractivity contribution is 5.98. The Bertz CT molecular complexity index is 1540. The average molecular weight is 733 g/mol. The van der Waals surface area contributed by atoms with Gasteiger partial charge in [-0.2, -0.15) is 9.97 Å². The quantitative estimate of drug-likeness (QED) is 0.0532. The molecule has 0 radical (unpaired) electrons. The molecule has 3 aromatic rings. The summed E-state index contributed by atoms with van der Waals surface area (Å²) in [4.78, 5) is 58.3. The molecule has 1 aromatic carbocycles. The zero-order chi connectivity index (χ0) is 38.3. The van der Waals surface area contributed by atoms with Crippen LogP contribution in [0, 0.1) is 0 Å². The summed E-state index contributed by atoms with van der Waals surface area (Å²) in [6.45, 7) is 6.03. The van der Waals surface area contributed by atoms with Crippen molar-refractivity contribution in [1.82, 2.24) is 35.9 Å². The number of aromatic nitrogens is 4. The maximum Gasteiger partial charge on any atom is 0.251 e. The molecular formula is C40H64N10O3. The number of carbonyl (C=O) groups excluding carboxylic acids is 3. The molecule has 0 saturated carbocycles. The highest BCUT2D eigenvalue weighted by Crippen LogP contribution is 2.19. The number of benzene rings is 1. The van der Waals surface area contributed by atoms with E-state index in [1.165, 1.54) is 70.6 Å². The van der Waals surface area contributed by atoms with Crippen LogP contribution in [0.4, 0.5) is 17.5 Å². The average Bonchev–Trinajstić information content (AvgIpc) is 3.15. The van der Waals surface area contributed by atoms with E-state index >= 15 is 0 Å². The predicted octanol–water partition coefficient (Wildman–Crippen LogP) is 6.61. The topological polar surface area (TPSA) is 194 Å². The summed E-state index contributed by atoms with van der Waals surface area (Å²) in [7, 11) is 1.90. The van der Waals surface area contributed by atoms with Gasteiger partial charge in [-0.25, -0.2) is 9.97 Å². The van der Waals surface area contributed by atoms with Crippen LogP contribution in [0.1, 0.15) is 145 Å². The molecule has 0 aliphatic carbocycles. The molecule has 0 saturated heterocycles. The number of nitrogens with zero attached hydrogens (tertiary/aromatic N) is 5. The van der Waals surface area contributed by atoms with Gasteiger partial charge in [-0.3, -0.25) is 14.4 Å². The van der Waals surface area contributed by atoms with Crippen LogP contribution in [-0.4, -0.2) is 63.8 Å². The van der Waals surface area contributed by atoms with Crippen molar-refractivity contribution in [3.63, 3.8) is 0 Å². The largest absolute Gasteiger partial charge is 0.382 e. The molecule has 0 fully saturated rings. The first-order valence-corrected chi connectivity index (χ1v) is 19.9. The third-order valence-corrected chi connectivity index (χ3v) is 9.43. The number of unbranched alkanes of at least 4 members (excludes halogenated alkanes) is 14. The first-order valence-electron chi connectivity index (χ1n) is 19.9. The summed E-state index contributed by atoms with van der Waals surface area (Å²) in [5.74, 6) is -0.538. The molecule has 2 heterocycles. The molecule has 53 heavy (non-hydrogen) atoms. The van der Waals surface area contributed by atoms with Crippen molar-refractivity contribution in [1.29, 1.82) is 0 Å². The highest BCUT2D eigenvalue weighted by atomic mass is 16.2. The fourth-order valence-corrected chi connectivity index (χ4v) is 6.22. The number of amides is 3. The Balaban J connectivity index is 1.52. The molecule has 3 amide bonds. The van der Waals surface area contributed by atoms with Crippen LogP contribution in [0.25, 0.3) is 11.2 Å². The first kappa shape index (κ1) is 42.9.